The molecule has 122 valence electrons. The number of hydrogen-bond donors (Lipinski definition) is 1. The lowest BCUT2D eigenvalue weighted by Gasteiger charge is -2.08. The lowest BCUT2D eigenvalue weighted by atomic mass is 10.1. The van der Waals surface area contributed by atoms with E-state index in [1.54, 1.807) is 24.5 Å². The highest BCUT2D eigenvalue weighted by molar-refractivity contribution is 8.00. The Bertz CT molecular complexity index is 996. The van der Waals surface area contributed by atoms with Crippen molar-refractivity contribution >= 4 is 28.5 Å². The van der Waals surface area contributed by atoms with Crippen LogP contribution in [0.3, 0.4) is 0 Å². The number of hydrogen-bond acceptors (Lipinski definition) is 4. The molecule has 0 aliphatic carbocycles. The summed E-state index contributed by atoms with van der Waals surface area (Å²) in [6, 6.07) is 20.3. The Morgan fingerprint density at radius 1 is 0.840 bits per heavy atom. The van der Waals surface area contributed by atoms with Crippen LogP contribution >= 0.6 is 11.9 Å². The molecule has 4 rings (SSSR count). The van der Waals surface area contributed by atoms with Gasteiger partial charge in [-0.25, -0.2) is 4.39 Å². The summed E-state index contributed by atoms with van der Waals surface area (Å²) in [5.41, 5.74) is 3.61. The molecule has 4 aromatic rings. The summed E-state index contributed by atoms with van der Waals surface area (Å²) in [5, 5.41) is 1.10. The van der Waals surface area contributed by atoms with E-state index in [0.717, 1.165) is 32.7 Å². The van der Waals surface area contributed by atoms with Gasteiger partial charge in [-0.15, -0.1) is 0 Å². The van der Waals surface area contributed by atoms with Gasteiger partial charge >= 0.3 is 0 Å². The molecule has 1 N–H and O–H groups in total. The third kappa shape index (κ3) is 3.46. The molecular weight excluding hydrogens is 333 g/mol. The second-order valence-electron chi connectivity index (χ2n) is 5.47. The summed E-state index contributed by atoms with van der Waals surface area (Å²) in [6.07, 6.45) is 3.59. The number of fused-ring (bicyclic) bond motifs is 1. The van der Waals surface area contributed by atoms with Gasteiger partial charge in [0.15, 0.2) is 0 Å². The van der Waals surface area contributed by atoms with Crippen LogP contribution in [0.1, 0.15) is 0 Å². The minimum atomic E-state index is -0.246. The van der Waals surface area contributed by atoms with E-state index in [4.69, 9.17) is 0 Å². The molecule has 0 saturated heterocycles. The van der Waals surface area contributed by atoms with Gasteiger partial charge in [-0.3, -0.25) is 9.97 Å². The zero-order valence-corrected chi connectivity index (χ0v) is 14.0. The van der Waals surface area contributed by atoms with E-state index in [1.807, 2.05) is 42.5 Å². The molecule has 0 unspecified atom stereocenters. The predicted octanol–water partition coefficient (Wildman–Crippen LogP) is 5.56. The second-order valence-corrected chi connectivity index (χ2v) is 6.35. The van der Waals surface area contributed by atoms with E-state index >= 15 is 0 Å². The first kappa shape index (κ1) is 15.6. The van der Waals surface area contributed by atoms with Crippen LogP contribution in [-0.2, 0) is 0 Å². The number of halogens is 1. The number of para-hydroxylation sites is 1. The zero-order chi connectivity index (χ0) is 17.1. The molecule has 0 atom stereocenters. The van der Waals surface area contributed by atoms with Crippen LogP contribution in [0.4, 0.5) is 10.1 Å². The first-order chi connectivity index (χ1) is 12.3. The van der Waals surface area contributed by atoms with Crippen molar-refractivity contribution in [2.24, 2.45) is 0 Å². The molecule has 25 heavy (non-hydrogen) atoms. The van der Waals surface area contributed by atoms with Gasteiger partial charge in [0, 0.05) is 28.2 Å². The summed E-state index contributed by atoms with van der Waals surface area (Å²) in [5.74, 6) is -0.246. The molecule has 0 amide bonds. The van der Waals surface area contributed by atoms with Crippen molar-refractivity contribution < 1.29 is 4.39 Å². The molecule has 0 fully saturated rings. The van der Waals surface area contributed by atoms with Gasteiger partial charge < -0.3 is 4.72 Å². The number of benzene rings is 2. The Morgan fingerprint density at radius 3 is 2.48 bits per heavy atom. The maximum absolute atomic E-state index is 13.0. The van der Waals surface area contributed by atoms with Crippen LogP contribution in [0, 0.1) is 5.82 Å². The highest BCUT2D eigenvalue weighted by Crippen LogP contribution is 2.27. The van der Waals surface area contributed by atoms with Crippen LogP contribution in [0.2, 0.25) is 0 Å². The maximum Gasteiger partial charge on any atom is 0.123 e. The lowest BCUT2D eigenvalue weighted by molar-refractivity contribution is 0.628. The average Bonchev–Trinajstić information content (AvgIpc) is 2.67. The smallest absolute Gasteiger partial charge is 0.123 e. The van der Waals surface area contributed by atoms with E-state index in [2.05, 4.69) is 14.7 Å². The fourth-order valence-electron chi connectivity index (χ4n) is 2.53. The van der Waals surface area contributed by atoms with Crippen molar-refractivity contribution in [2.45, 2.75) is 4.90 Å². The lowest BCUT2D eigenvalue weighted by Crippen LogP contribution is -1.91. The van der Waals surface area contributed by atoms with E-state index in [-0.39, 0.29) is 5.82 Å². The number of nitrogens with zero attached hydrogens (tertiary/aromatic N) is 2. The molecule has 0 aliphatic rings. The predicted molar refractivity (Wildman–Crippen MR) is 101 cm³/mol. The Morgan fingerprint density at radius 2 is 1.68 bits per heavy atom. The molecule has 2 aromatic heterocycles. The number of anilines is 1. The van der Waals surface area contributed by atoms with Gasteiger partial charge in [-0.2, -0.15) is 0 Å². The van der Waals surface area contributed by atoms with E-state index in [0.29, 0.717) is 0 Å². The normalized spacial score (nSPS) is 10.8. The molecule has 0 radical (unpaired) electrons. The highest BCUT2D eigenvalue weighted by atomic mass is 32.2. The quantitative estimate of drug-likeness (QED) is 0.491. The van der Waals surface area contributed by atoms with Gasteiger partial charge in [0.1, 0.15) is 5.82 Å². The van der Waals surface area contributed by atoms with Gasteiger partial charge in [0.2, 0.25) is 0 Å². The van der Waals surface area contributed by atoms with E-state index in [9.17, 15) is 4.39 Å². The Labute approximate surface area is 149 Å². The minimum Gasteiger partial charge on any atom is -0.324 e. The zero-order valence-electron chi connectivity index (χ0n) is 13.2. The first-order valence-corrected chi connectivity index (χ1v) is 8.60. The molecule has 5 heteroatoms. The van der Waals surface area contributed by atoms with Gasteiger partial charge in [0.05, 0.1) is 16.9 Å². The molecule has 0 spiro atoms. The van der Waals surface area contributed by atoms with Gasteiger partial charge in [0.25, 0.3) is 0 Å². The van der Waals surface area contributed by atoms with Crippen LogP contribution in [0.25, 0.3) is 22.2 Å². The van der Waals surface area contributed by atoms with Gasteiger partial charge in [-0.05, 0) is 60.5 Å². The SMILES string of the molecule is Fc1ccc(-c2ccc(SNc3cccc4cccnc34)cn2)cc1. The third-order valence-corrected chi connectivity index (χ3v) is 4.59. The molecule has 2 aromatic carbocycles. The Balaban J connectivity index is 1.50. The summed E-state index contributed by atoms with van der Waals surface area (Å²) < 4.78 is 16.3. The minimum absolute atomic E-state index is 0.246. The largest absolute Gasteiger partial charge is 0.324 e. The monoisotopic (exact) mass is 347 g/mol. The Kier molecular flexibility index (Phi) is 4.31. The summed E-state index contributed by atoms with van der Waals surface area (Å²) in [4.78, 5) is 9.87. The summed E-state index contributed by atoms with van der Waals surface area (Å²) in [6.45, 7) is 0. The highest BCUT2D eigenvalue weighted by Gasteiger charge is 2.04. The van der Waals surface area contributed by atoms with Crippen molar-refractivity contribution in [1.82, 2.24) is 9.97 Å². The second kappa shape index (κ2) is 6.91. The molecule has 3 nitrogen and oxygen atoms in total. The summed E-state index contributed by atoms with van der Waals surface area (Å²) >= 11 is 1.48. The number of nitrogens with one attached hydrogen (secondary N) is 1. The molecule has 0 saturated carbocycles. The summed E-state index contributed by atoms with van der Waals surface area (Å²) in [7, 11) is 0. The Hall–Kier alpha value is -2.92. The van der Waals surface area contributed by atoms with Crippen LogP contribution < -0.4 is 4.72 Å². The number of rotatable bonds is 4. The number of pyridine rings is 2. The molecule has 0 aliphatic heterocycles. The first-order valence-electron chi connectivity index (χ1n) is 7.78. The van der Waals surface area contributed by atoms with Crippen molar-refractivity contribution in [2.75, 3.05) is 4.72 Å². The fourth-order valence-corrected chi connectivity index (χ4v) is 3.17. The molecule has 2 heterocycles. The van der Waals surface area contributed by atoms with E-state index in [1.165, 1.54) is 24.1 Å². The van der Waals surface area contributed by atoms with E-state index < -0.39 is 0 Å². The number of aromatic nitrogens is 2. The van der Waals surface area contributed by atoms with Crippen molar-refractivity contribution in [3.8, 4) is 11.3 Å². The van der Waals surface area contributed by atoms with Crippen LogP contribution in [-0.4, -0.2) is 9.97 Å². The fraction of sp³-hybridized carbons (Fsp3) is 0. The molecular formula is C20H14FN3S. The van der Waals surface area contributed by atoms with Crippen LogP contribution in [0.5, 0.6) is 0 Å². The van der Waals surface area contributed by atoms with Gasteiger partial charge in [-0.1, -0.05) is 18.2 Å². The third-order valence-electron chi connectivity index (χ3n) is 3.79. The molecule has 0 bridgehead atoms. The van der Waals surface area contributed by atoms with Crippen molar-refractivity contribution in [1.29, 1.82) is 0 Å². The standard InChI is InChI=1S/C20H14FN3S/c21-16-8-6-14(7-9-16)18-11-10-17(13-23-18)25-24-19-5-1-3-15-4-2-12-22-20(15)19/h1-13,24H. The maximum atomic E-state index is 13.0. The average molecular weight is 347 g/mol. The van der Waals surface area contributed by atoms with Crippen molar-refractivity contribution in [3.63, 3.8) is 0 Å². The van der Waals surface area contributed by atoms with Crippen molar-refractivity contribution in [3.05, 3.63) is 84.9 Å². The van der Waals surface area contributed by atoms with Crippen LogP contribution in [0.15, 0.2) is 84.0 Å². The topological polar surface area (TPSA) is 37.8 Å².